The summed E-state index contributed by atoms with van der Waals surface area (Å²) in [4.78, 5) is 0. The molecule has 0 amide bonds. The molecular formula is C14H29N. The minimum atomic E-state index is 0.560. The topological polar surface area (TPSA) is 26.0 Å². The third kappa shape index (κ3) is 4.55. The Bertz CT molecular complexity index is 147. The molecule has 0 aliphatic heterocycles. The van der Waals surface area contributed by atoms with Gasteiger partial charge in [0.05, 0.1) is 0 Å². The molecule has 1 aliphatic rings. The van der Waals surface area contributed by atoms with Crippen molar-refractivity contribution < 1.29 is 0 Å². The van der Waals surface area contributed by atoms with E-state index in [0.717, 1.165) is 6.54 Å². The molecule has 1 aliphatic carbocycles. The van der Waals surface area contributed by atoms with Crippen LogP contribution in [0, 0.1) is 5.41 Å². The molecule has 1 saturated carbocycles. The fourth-order valence-electron chi connectivity index (χ4n) is 2.96. The molecule has 1 heteroatoms. The predicted octanol–water partition coefficient (Wildman–Crippen LogP) is 4.26. The zero-order valence-electron chi connectivity index (χ0n) is 10.6. The summed E-state index contributed by atoms with van der Waals surface area (Å²) >= 11 is 0. The molecule has 0 aromatic heterocycles. The van der Waals surface area contributed by atoms with E-state index in [-0.39, 0.29) is 0 Å². The van der Waals surface area contributed by atoms with Gasteiger partial charge in [-0.1, -0.05) is 58.3 Å². The van der Waals surface area contributed by atoms with Gasteiger partial charge >= 0.3 is 0 Å². The molecule has 1 fully saturated rings. The molecule has 0 spiro atoms. The molecule has 0 heterocycles. The van der Waals surface area contributed by atoms with E-state index in [0.29, 0.717) is 5.41 Å². The molecule has 0 aromatic carbocycles. The molecule has 0 aromatic rings. The van der Waals surface area contributed by atoms with Gasteiger partial charge < -0.3 is 5.73 Å². The predicted molar refractivity (Wildman–Crippen MR) is 67.9 cm³/mol. The summed E-state index contributed by atoms with van der Waals surface area (Å²) in [6.45, 7) is 3.21. The second-order valence-corrected chi connectivity index (χ2v) is 5.43. The van der Waals surface area contributed by atoms with Gasteiger partial charge in [-0.25, -0.2) is 0 Å². The van der Waals surface area contributed by atoms with Gasteiger partial charge in [-0.2, -0.15) is 0 Å². The van der Waals surface area contributed by atoms with Gasteiger partial charge in [0.25, 0.3) is 0 Å². The number of hydrogen-bond donors (Lipinski definition) is 1. The average Bonchev–Trinajstić information content (AvgIpc) is 2.73. The van der Waals surface area contributed by atoms with E-state index in [4.69, 9.17) is 5.73 Å². The number of unbranched alkanes of at least 4 members (excludes halogenated alkanes) is 5. The van der Waals surface area contributed by atoms with E-state index >= 15 is 0 Å². The normalized spacial score (nSPS) is 19.6. The number of hydrogen-bond acceptors (Lipinski definition) is 1. The average molecular weight is 211 g/mol. The summed E-state index contributed by atoms with van der Waals surface area (Å²) in [5.41, 5.74) is 6.49. The summed E-state index contributed by atoms with van der Waals surface area (Å²) in [6, 6.07) is 0. The van der Waals surface area contributed by atoms with Crippen LogP contribution in [0.2, 0.25) is 0 Å². The second-order valence-electron chi connectivity index (χ2n) is 5.43. The fourth-order valence-corrected chi connectivity index (χ4v) is 2.96. The summed E-state index contributed by atoms with van der Waals surface area (Å²) in [5, 5.41) is 0. The third-order valence-electron chi connectivity index (χ3n) is 4.16. The maximum absolute atomic E-state index is 5.93. The molecule has 1 rings (SSSR count). The molecule has 0 bridgehead atoms. The summed E-state index contributed by atoms with van der Waals surface area (Å²) in [5.74, 6) is 0. The first-order valence-electron chi connectivity index (χ1n) is 7.03. The van der Waals surface area contributed by atoms with Gasteiger partial charge in [-0.05, 0) is 31.2 Å². The van der Waals surface area contributed by atoms with E-state index in [1.165, 1.54) is 70.6 Å². The summed E-state index contributed by atoms with van der Waals surface area (Å²) in [6.07, 6.45) is 15.5. The van der Waals surface area contributed by atoms with Crippen molar-refractivity contribution in [2.24, 2.45) is 11.1 Å². The SMILES string of the molecule is CCCCCCCCC1(CN)CCCC1. The van der Waals surface area contributed by atoms with Crippen LogP contribution >= 0.6 is 0 Å². The van der Waals surface area contributed by atoms with E-state index in [1.54, 1.807) is 0 Å². The van der Waals surface area contributed by atoms with Crippen LogP contribution in [0.1, 0.15) is 77.6 Å². The molecule has 0 unspecified atom stereocenters. The summed E-state index contributed by atoms with van der Waals surface area (Å²) in [7, 11) is 0. The Hall–Kier alpha value is -0.0400. The van der Waals surface area contributed by atoms with Crippen LogP contribution in [0.4, 0.5) is 0 Å². The molecule has 15 heavy (non-hydrogen) atoms. The lowest BCUT2D eigenvalue weighted by molar-refractivity contribution is 0.271. The fraction of sp³-hybridized carbons (Fsp3) is 1.00. The lowest BCUT2D eigenvalue weighted by Gasteiger charge is -2.27. The quantitative estimate of drug-likeness (QED) is 0.597. The Kier molecular flexibility index (Phi) is 6.31. The van der Waals surface area contributed by atoms with Crippen molar-refractivity contribution in [1.82, 2.24) is 0 Å². The van der Waals surface area contributed by atoms with E-state index in [1.807, 2.05) is 0 Å². The first kappa shape index (κ1) is 13.0. The van der Waals surface area contributed by atoms with Crippen LogP contribution in [-0.2, 0) is 0 Å². The van der Waals surface area contributed by atoms with Crippen LogP contribution in [0.25, 0.3) is 0 Å². The van der Waals surface area contributed by atoms with Crippen LogP contribution in [-0.4, -0.2) is 6.54 Å². The van der Waals surface area contributed by atoms with Crippen molar-refractivity contribution in [2.45, 2.75) is 77.6 Å². The van der Waals surface area contributed by atoms with Crippen molar-refractivity contribution in [3.8, 4) is 0 Å². The van der Waals surface area contributed by atoms with E-state index < -0.39 is 0 Å². The lowest BCUT2D eigenvalue weighted by Crippen LogP contribution is -2.27. The first-order valence-corrected chi connectivity index (χ1v) is 7.03. The van der Waals surface area contributed by atoms with Gasteiger partial charge in [-0.3, -0.25) is 0 Å². The molecule has 0 saturated heterocycles. The van der Waals surface area contributed by atoms with Crippen LogP contribution < -0.4 is 5.73 Å². The van der Waals surface area contributed by atoms with Crippen molar-refractivity contribution >= 4 is 0 Å². The third-order valence-corrected chi connectivity index (χ3v) is 4.16. The smallest absolute Gasteiger partial charge is 0.00205 e. The number of nitrogens with two attached hydrogens (primary N) is 1. The molecule has 2 N–H and O–H groups in total. The highest BCUT2D eigenvalue weighted by Crippen LogP contribution is 2.41. The zero-order valence-corrected chi connectivity index (χ0v) is 10.6. The maximum atomic E-state index is 5.93. The lowest BCUT2D eigenvalue weighted by atomic mass is 9.81. The summed E-state index contributed by atoms with van der Waals surface area (Å²) < 4.78 is 0. The minimum absolute atomic E-state index is 0.560. The largest absolute Gasteiger partial charge is 0.330 e. The van der Waals surface area contributed by atoms with E-state index in [9.17, 15) is 0 Å². The van der Waals surface area contributed by atoms with E-state index in [2.05, 4.69) is 6.92 Å². The Morgan fingerprint density at radius 1 is 0.933 bits per heavy atom. The highest BCUT2D eigenvalue weighted by atomic mass is 14.6. The molecule has 0 atom stereocenters. The Labute approximate surface area is 95.8 Å². The van der Waals surface area contributed by atoms with Crippen LogP contribution in [0.3, 0.4) is 0 Å². The van der Waals surface area contributed by atoms with Gasteiger partial charge in [0.15, 0.2) is 0 Å². The van der Waals surface area contributed by atoms with Crippen LogP contribution in [0.5, 0.6) is 0 Å². The zero-order chi connectivity index (χ0) is 11.0. The van der Waals surface area contributed by atoms with Gasteiger partial charge in [-0.15, -0.1) is 0 Å². The van der Waals surface area contributed by atoms with Crippen molar-refractivity contribution in [1.29, 1.82) is 0 Å². The first-order chi connectivity index (χ1) is 7.33. The number of rotatable bonds is 8. The van der Waals surface area contributed by atoms with Crippen molar-refractivity contribution in [3.63, 3.8) is 0 Å². The maximum Gasteiger partial charge on any atom is -0.00205 e. The molecule has 0 radical (unpaired) electrons. The Balaban J connectivity index is 2.02. The minimum Gasteiger partial charge on any atom is -0.330 e. The monoisotopic (exact) mass is 211 g/mol. The van der Waals surface area contributed by atoms with Gasteiger partial charge in [0.1, 0.15) is 0 Å². The second kappa shape index (κ2) is 7.27. The van der Waals surface area contributed by atoms with Crippen molar-refractivity contribution in [3.05, 3.63) is 0 Å². The van der Waals surface area contributed by atoms with Crippen LogP contribution in [0.15, 0.2) is 0 Å². The molecule has 1 nitrogen and oxygen atoms in total. The molecule has 90 valence electrons. The van der Waals surface area contributed by atoms with Gasteiger partial charge in [0.2, 0.25) is 0 Å². The van der Waals surface area contributed by atoms with Gasteiger partial charge in [0, 0.05) is 0 Å². The highest BCUT2D eigenvalue weighted by molar-refractivity contribution is 4.85. The molecular weight excluding hydrogens is 182 g/mol. The van der Waals surface area contributed by atoms with Crippen molar-refractivity contribution in [2.75, 3.05) is 6.54 Å². The standard InChI is InChI=1S/C14H29N/c1-2-3-4-5-6-7-10-14(13-15)11-8-9-12-14/h2-13,15H2,1H3. The Morgan fingerprint density at radius 2 is 1.53 bits per heavy atom. The Morgan fingerprint density at radius 3 is 2.13 bits per heavy atom. The highest BCUT2D eigenvalue weighted by Gasteiger charge is 2.31.